The first kappa shape index (κ1) is 10.1. The molecule has 1 N–H and O–H groups in total. The van der Waals surface area contributed by atoms with E-state index in [0.717, 1.165) is 22.6 Å². The lowest BCUT2D eigenvalue weighted by Gasteiger charge is -2.01. The minimum Gasteiger partial charge on any atom is -0.312 e. The van der Waals surface area contributed by atoms with Crippen molar-refractivity contribution >= 4 is 11.3 Å². The van der Waals surface area contributed by atoms with E-state index in [2.05, 4.69) is 4.98 Å². The summed E-state index contributed by atoms with van der Waals surface area (Å²) in [5, 5.41) is 0. The van der Waals surface area contributed by atoms with E-state index < -0.39 is 0 Å². The van der Waals surface area contributed by atoms with Crippen molar-refractivity contribution < 1.29 is 4.39 Å². The van der Waals surface area contributed by atoms with Crippen LogP contribution in [0.25, 0.3) is 11.3 Å². The zero-order chi connectivity index (χ0) is 10.8. The molecular formula is C11H10FNOS. The highest BCUT2D eigenvalue weighted by atomic mass is 32.1. The van der Waals surface area contributed by atoms with E-state index in [-0.39, 0.29) is 10.7 Å². The minimum atomic E-state index is -0.304. The minimum absolute atomic E-state index is 0.134. The molecule has 1 aromatic heterocycles. The third-order valence-electron chi connectivity index (χ3n) is 2.19. The number of aromatic nitrogens is 1. The van der Waals surface area contributed by atoms with Gasteiger partial charge in [0.1, 0.15) is 5.82 Å². The van der Waals surface area contributed by atoms with Crippen molar-refractivity contribution in [1.29, 1.82) is 0 Å². The van der Waals surface area contributed by atoms with Crippen LogP contribution in [0.2, 0.25) is 0 Å². The molecular weight excluding hydrogens is 213 g/mol. The summed E-state index contributed by atoms with van der Waals surface area (Å²) in [6, 6.07) is 6.46. The fourth-order valence-corrected chi connectivity index (χ4v) is 2.27. The maximum absolute atomic E-state index is 13.5. The number of hydrogen-bond donors (Lipinski definition) is 1. The molecule has 2 nitrogen and oxygen atoms in total. The van der Waals surface area contributed by atoms with E-state index in [1.54, 1.807) is 18.2 Å². The number of benzene rings is 1. The molecule has 2 rings (SSSR count). The van der Waals surface area contributed by atoms with Crippen LogP contribution in [0.4, 0.5) is 4.39 Å². The third-order valence-corrected chi connectivity index (χ3v) is 3.21. The zero-order valence-electron chi connectivity index (χ0n) is 8.21. The monoisotopic (exact) mass is 223 g/mol. The van der Waals surface area contributed by atoms with Crippen molar-refractivity contribution in [1.82, 2.24) is 4.98 Å². The number of H-pyrrole nitrogens is 1. The summed E-state index contributed by atoms with van der Waals surface area (Å²) in [5.41, 5.74) is 1.08. The van der Waals surface area contributed by atoms with Crippen molar-refractivity contribution in [2.75, 3.05) is 0 Å². The number of halogens is 1. The number of aromatic amines is 1. The summed E-state index contributed by atoms with van der Waals surface area (Å²) >= 11 is 1.14. The summed E-state index contributed by atoms with van der Waals surface area (Å²) in [5.74, 6) is -0.304. The molecule has 0 unspecified atom stereocenters. The smallest absolute Gasteiger partial charge is 0.305 e. The molecule has 0 bridgehead atoms. The number of thiazole rings is 1. The van der Waals surface area contributed by atoms with Gasteiger partial charge in [-0.25, -0.2) is 4.39 Å². The first-order valence-corrected chi connectivity index (χ1v) is 5.51. The Morgan fingerprint density at radius 3 is 2.80 bits per heavy atom. The normalized spacial score (nSPS) is 10.5. The second kappa shape index (κ2) is 3.98. The second-order valence-corrected chi connectivity index (χ2v) is 4.21. The molecule has 0 aliphatic heterocycles. The Kier molecular flexibility index (Phi) is 2.68. The molecule has 1 heterocycles. The number of hydrogen-bond acceptors (Lipinski definition) is 2. The molecule has 4 heteroatoms. The van der Waals surface area contributed by atoms with Gasteiger partial charge in [0.15, 0.2) is 0 Å². The van der Waals surface area contributed by atoms with Gasteiger partial charge in [-0.05, 0) is 18.6 Å². The Balaban J connectivity index is 2.63. The molecule has 15 heavy (non-hydrogen) atoms. The van der Waals surface area contributed by atoms with Gasteiger partial charge in [-0.2, -0.15) is 0 Å². The highest BCUT2D eigenvalue weighted by Gasteiger charge is 2.11. The number of aryl methyl sites for hydroxylation is 1. The van der Waals surface area contributed by atoms with Gasteiger partial charge in [0.25, 0.3) is 0 Å². The summed E-state index contributed by atoms with van der Waals surface area (Å²) in [6.45, 7) is 1.95. The predicted molar refractivity (Wildman–Crippen MR) is 59.7 cm³/mol. The Bertz CT molecular complexity index is 529. The molecule has 0 atom stereocenters. The SMILES string of the molecule is CCc1sc(=O)[nH]c1-c1ccccc1F. The molecule has 0 saturated heterocycles. The fourth-order valence-electron chi connectivity index (χ4n) is 1.49. The Labute approximate surface area is 90.4 Å². The van der Waals surface area contributed by atoms with Gasteiger partial charge in [-0.3, -0.25) is 4.79 Å². The molecule has 0 amide bonds. The van der Waals surface area contributed by atoms with Gasteiger partial charge >= 0.3 is 4.87 Å². The molecule has 2 aromatic rings. The van der Waals surface area contributed by atoms with Crippen molar-refractivity contribution in [3.05, 3.63) is 44.6 Å². The average Bonchev–Trinajstić information content (AvgIpc) is 2.60. The van der Waals surface area contributed by atoms with Gasteiger partial charge in [0.05, 0.1) is 5.69 Å². The molecule has 1 aromatic carbocycles. The molecule has 0 radical (unpaired) electrons. The standard InChI is InChI=1S/C11H10FNOS/c1-2-9-10(13-11(14)15-9)7-5-3-4-6-8(7)12/h3-6H,2H2,1H3,(H,13,14). The zero-order valence-corrected chi connectivity index (χ0v) is 9.03. The van der Waals surface area contributed by atoms with Crippen LogP contribution in [0.1, 0.15) is 11.8 Å². The van der Waals surface area contributed by atoms with Gasteiger partial charge in [-0.1, -0.05) is 30.4 Å². The van der Waals surface area contributed by atoms with Gasteiger partial charge in [0.2, 0.25) is 0 Å². The van der Waals surface area contributed by atoms with Crippen LogP contribution < -0.4 is 4.87 Å². The van der Waals surface area contributed by atoms with Crippen LogP contribution in [0.15, 0.2) is 29.1 Å². The first-order chi connectivity index (χ1) is 7.22. The topological polar surface area (TPSA) is 32.9 Å². The first-order valence-electron chi connectivity index (χ1n) is 4.69. The van der Waals surface area contributed by atoms with Gasteiger partial charge < -0.3 is 4.98 Å². The lowest BCUT2D eigenvalue weighted by molar-refractivity contribution is 0.630. The highest BCUT2D eigenvalue weighted by Crippen LogP contribution is 2.25. The highest BCUT2D eigenvalue weighted by molar-refractivity contribution is 7.09. The number of nitrogens with one attached hydrogen (secondary N) is 1. The third kappa shape index (κ3) is 1.85. The van der Waals surface area contributed by atoms with Crippen LogP contribution in [-0.2, 0) is 6.42 Å². The molecule has 0 spiro atoms. The average molecular weight is 223 g/mol. The van der Waals surface area contributed by atoms with Crippen LogP contribution in [0.3, 0.4) is 0 Å². The van der Waals surface area contributed by atoms with Crippen LogP contribution in [-0.4, -0.2) is 4.98 Å². The van der Waals surface area contributed by atoms with Gasteiger partial charge in [0, 0.05) is 10.4 Å². The Hall–Kier alpha value is -1.42. The largest absolute Gasteiger partial charge is 0.312 e. The predicted octanol–water partition coefficient (Wildman–Crippen LogP) is 2.80. The summed E-state index contributed by atoms with van der Waals surface area (Å²) in [6.07, 6.45) is 0.729. The quantitative estimate of drug-likeness (QED) is 0.834. The molecule has 0 aliphatic rings. The molecule has 0 fully saturated rings. The van der Waals surface area contributed by atoms with E-state index in [1.165, 1.54) is 6.07 Å². The van der Waals surface area contributed by atoms with Crippen molar-refractivity contribution in [2.24, 2.45) is 0 Å². The van der Waals surface area contributed by atoms with Crippen molar-refractivity contribution in [2.45, 2.75) is 13.3 Å². The maximum atomic E-state index is 13.5. The van der Waals surface area contributed by atoms with Crippen molar-refractivity contribution in [3.8, 4) is 11.3 Å². The fraction of sp³-hybridized carbons (Fsp3) is 0.182. The number of rotatable bonds is 2. The second-order valence-electron chi connectivity index (χ2n) is 3.15. The molecule has 78 valence electrons. The van der Waals surface area contributed by atoms with Crippen LogP contribution >= 0.6 is 11.3 Å². The van der Waals surface area contributed by atoms with E-state index in [1.807, 2.05) is 6.92 Å². The lowest BCUT2D eigenvalue weighted by Crippen LogP contribution is -1.93. The summed E-state index contributed by atoms with van der Waals surface area (Å²) in [4.78, 5) is 14.6. The van der Waals surface area contributed by atoms with Crippen molar-refractivity contribution in [3.63, 3.8) is 0 Å². The van der Waals surface area contributed by atoms with E-state index >= 15 is 0 Å². The van der Waals surface area contributed by atoms with Crippen LogP contribution in [0.5, 0.6) is 0 Å². The van der Waals surface area contributed by atoms with E-state index in [4.69, 9.17) is 0 Å². The molecule has 0 saturated carbocycles. The molecule has 0 aliphatic carbocycles. The maximum Gasteiger partial charge on any atom is 0.305 e. The Morgan fingerprint density at radius 1 is 1.40 bits per heavy atom. The van der Waals surface area contributed by atoms with Crippen LogP contribution in [0, 0.1) is 5.82 Å². The summed E-state index contributed by atoms with van der Waals surface area (Å²) < 4.78 is 13.5. The lowest BCUT2D eigenvalue weighted by atomic mass is 10.1. The van der Waals surface area contributed by atoms with Gasteiger partial charge in [-0.15, -0.1) is 0 Å². The van der Waals surface area contributed by atoms with E-state index in [9.17, 15) is 9.18 Å². The van der Waals surface area contributed by atoms with E-state index in [0.29, 0.717) is 11.3 Å². The summed E-state index contributed by atoms with van der Waals surface area (Å²) in [7, 11) is 0. The Morgan fingerprint density at radius 2 is 2.13 bits per heavy atom.